The van der Waals surface area contributed by atoms with Gasteiger partial charge < -0.3 is 51.9 Å². The third-order valence-electron chi connectivity index (χ3n) is 11.7. The molecule has 10 atom stereocenters. The number of hydroxylamine groups is 2. The lowest BCUT2D eigenvalue weighted by Gasteiger charge is -2.16. The van der Waals surface area contributed by atoms with E-state index in [4.69, 9.17) is 13.9 Å². The summed E-state index contributed by atoms with van der Waals surface area (Å²) in [4.78, 5) is 95.9. The van der Waals surface area contributed by atoms with Crippen molar-refractivity contribution in [3.63, 3.8) is 0 Å². The monoisotopic (exact) mass is 1030 g/mol. The van der Waals surface area contributed by atoms with Crippen LogP contribution in [0.15, 0.2) is 0 Å². The van der Waals surface area contributed by atoms with Crippen LogP contribution in [0.5, 0.6) is 0 Å². The number of hydrogen-bond acceptors (Lipinski definition) is 15. The molecule has 1 unspecified atom stereocenters. The predicted octanol–water partition coefficient (Wildman–Crippen LogP) is 0.0857. The van der Waals surface area contributed by atoms with E-state index in [-0.39, 0.29) is 104 Å². The van der Waals surface area contributed by atoms with Crippen molar-refractivity contribution < 1.29 is 64.9 Å². The van der Waals surface area contributed by atoms with Gasteiger partial charge in [0.2, 0.25) is 11.8 Å². The summed E-state index contributed by atoms with van der Waals surface area (Å²) in [5.41, 5.74) is 0. The molecule has 28 heteroatoms. The second-order valence-electron chi connectivity index (χ2n) is 16.7. The summed E-state index contributed by atoms with van der Waals surface area (Å²) in [5.74, 6) is 0.633. The van der Waals surface area contributed by atoms with E-state index in [0.29, 0.717) is 46.5 Å². The molecule has 23 nitrogen and oxygen atoms in total. The van der Waals surface area contributed by atoms with Crippen LogP contribution in [0.1, 0.15) is 89.9 Å². The molecule has 66 heavy (non-hydrogen) atoms. The molecule has 7 saturated heterocycles. The maximum Gasteiger partial charge on any atom is 0.333 e. The van der Waals surface area contributed by atoms with Crippen molar-refractivity contribution in [3.05, 3.63) is 0 Å². The van der Waals surface area contributed by atoms with Crippen molar-refractivity contribution >= 4 is 104 Å². The summed E-state index contributed by atoms with van der Waals surface area (Å²) in [5, 5.41) is 24.3. The lowest BCUT2D eigenvalue weighted by molar-refractivity contribution is -0.197. The fraction of sp³-hybridized carbons (Fsp3) is 0.789. The maximum atomic E-state index is 11.7. The molecule has 7 rings (SSSR count). The normalized spacial score (nSPS) is 28.4. The van der Waals surface area contributed by atoms with Crippen LogP contribution in [0.25, 0.3) is 0 Å². The fourth-order valence-electron chi connectivity index (χ4n) is 8.39. The Labute approximate surface area is 398 Å². The van der Waals surface area contributed by atoms with Crippen LogP contribution in [0.2, 0.25) is 0 Å². The van der Waals surface area contributed by atoms with Crippen LogP contribution in [0, 0.1) is 0 Å². The molecule has 0 saturated carbocycles. The summed E-state index contributed by atoms with van der Waals surface area (Å²) in [6.07, 6.45) is 8.77. The van der Waals surface area contributed by atoms with E-state index in [1.54, 1.807) is 0 Å². The Morgan fingerprint density at radius 1 is 0.636 bits per heavy atom. The zero-order chi connectivity index (χ0) is 47.8. The van der Waals surface area contributed by atoms with E-state index >= 15 is 0 Å². The minimum atomic E-state index is -4.03. The van der Waals surface area contributed by atoms with Gasteiger partial charge in [0.25, 0.3) is 21.9 Å². The SMILES string of the molecule is O=C(CCCC[C@@H]1SC[C@@H]2NC(=O)N[C@@H]21)NCCS(=O)(=O)O.O=C(CCCC[C@@H]1SC[C@@H]2NC(=O)N[C@@H]21)NCCS(=O)O.O=C1N[C@H]2[C@H](CS[C@H]2CCCCC(=O)ON2C(=O)CCC2=O)N1. The molecule has 0 spiro atoms. The standard InChI is InChI=1S/C14H19N3O5S.C12H21N3O5S2.C12H21N3O4S2/c18-10-5-6-11(19)17(10)22-12(20)4-2-1-3-9-13-8(7-23-9)15-14(21)16-13;16-10(13-5-6-22(18,19)20)4-2-1-3-9-11-8(7-21-9)14-12(17)15-11;16-10(13-5-6-21(18)19)4-2-1-3-9-11-8(7-20-9)14-12(17)15-11/h8-9,13H,1-7H2,(H2,15,16,21);8-9,11H,1-7H2,(H,13,16)(H2,14,15,17)(H,18,19,20);8-9,11H,1-7H2,(H,13,16)(H,18,19)(H2,14,15,17)/t8-,9-,13-;2*8-,9-,11-/m000/s1. The van der Waals surface area contributed by atoms with E-state index in [0.717, 1.165) is 62.2 Å². The molecule has 0 aromatic carbocycles. The Morgan fingerprint density at radius 3 is 1.42 bits per heavy atom. The summed E-state index contributed by atoms with van der Waals surface area (Å²) in [6, 6.07) is 0.954. The third kappa shape index (κ3) is 17.5. The van der Waals surface area contributed by atoms with Crippen molar-refractivity contribution in [2.45, 2.75) is 142 Å². The van der Waals surface area contributed by atoms with Gasteiger partial charge in [-0.2, -0.15) is 43.7 Å². The van der Waals surface area contributed by atoms with Gasteiger partial charge in [-0.05, 0) is 38.5 Å². The molecular formula is C38H61N9O14S5. The molecule has 0 bridgehead atoms. The van der Waals surface area contributed by atoms with Crippen molar-refractivity contribution in [1.82, 2.24) is 47.6 Å². The van der Waals surface area contributed by atoms with Gasteiger partial charge in [-0.3, -0.25) is 23.7 Å². The van der Waals surface area contributed by atoms with Gasteiger partial charge >= 0.3 is 24.1 Å². The first-order chi connectivity index (χ1) is 31.4. The molecule has 7 heterocycles. The minimum absolute atomic E-state index is 0.0697. The Kier molecular flexibility index (Phi) is 21.2. The summed E-state index contributed by atoms with van der Waals surface area (Å²) in [6.45, 7) is 0.166. The number of carbonyl (C=O) groups excluding carboxylic acids is 8. The number of amides is 10. The van der Waals surface area contributed by atoms with Crippen LogP contribution < -0.4 is 42.5 Å². The van der Waals surface area contributed by atoms with Gasteiger partial charge in [-0.25, -0.2) is 23.4 Å². The Morgan fingerprint density at radius 2 is 1.03 bits per heavy atom. The van der Waals surface area contributed by atoms with E-state index in [9.17, 15) is 51.0 Å². The maximum absolute atomic E-state index is 11.7. The van der Waals surface area contributed by atoms with Crippen LogP contribution in [-0.4, -0.2) is 168 Å². The van der Waals surface area contributed by atoms with Crippen molar-refractivity contribution in [1.29, 1.82) is 0 Å². The summed E-state index contributed by atoms with van der Waals surface area (Å²) < 4.78 is 48.5. The van der Waals surface area contributed by atoms with Gasteiger partial charge in [-0.1, -0.05) is 19.3 Å². The predicted molar refractivity (Wildman–Crippen MR) is 247 cm³/mol. The third-order valence-corrected chi connectivity index (χ3v) is 17.5. The number of carbonyl (C=O) groups is 8. The lowest BCUT2D eigenvalue weighted by Crippen LogP contribution is -2.36. The van der Waals surface area contributed by atoms with Gasteiger partial charge in [-0.15, -0.1) is 5.06 Å². The highest BCUT2D eigenvalue weighted by atomic mass is 32.2. The second kappa shape index (κ2) is 26.3. The lowest BCUT2D eigenvalue weighted by atomic mass is 10.0. The Hall–Kier alpha value is -3.57. The van der Waals surface area contributed by atoms with Crippen LogP contribution in [-0.2, 0) is 50.0 Å². The second-order valence-corrected chi connectivity index (χ2v) is 23.1. The van der Waals surface area contributed by atoms with E-state index in [2.05, 4.69) is 42.5 Å². The number of hydrogen-bond donors (Lipinski definition) is 10. The van der Waals surface area contributed by atoms with E-state index in [1.807, 2.05) is 35.3 Å². The molecule has 7 aliphatic heterocycles. The van der Waals surface area contributed by atoms with Crippen LogP contribution in [0.3, 0.4) is 0 Å². The average Bonchev–Trinajstić information content (AvgIpc) is 4.13. The van der Waals surface area contributed by atoms with Crippen molar-refractivity contribution in [2.75, 3.05) is 41.9 Å². The highest BCUT2D eigenvalue weighted by molar-refractivity contribution is 8.00. The molecule has 0 aromatic rings. The number of nitrogens with one attached hydrogen (secondary N) is 8. The summed E-state index contributed by atoms with van der Waals surface area (Å²) in [7, 11) is -4.03. The number of thioether (sulfide) groups is 3. The average molecular weight is 1030 g/mol. The zero-order valence-corrected chi connectivity index (χ0v) is 40.4. The molecule has 372 valence electrons. The molecular weight excluding hydrogens is 967 g/mol. The van der Waals surface area contributed by atoms with Crippen molar-refractivity contribution in [3.8, 4) is 0 Å². The fourth-order valence-corrected chi connectivity index (χ4v) is 13.7. The number of imide groups is 1. The molecule has 0 aliphatic carbocycles. The highest BCUT2D eigenvalue weighted by Gasteiger charge is 2.44. The first kappa shape index (κ1) is 53.4. The smallest absolute Gasteiger partial charge is 0.333 e. The summed E-state index contributed by atoms with van der Waals surface area (Å²) >= 11 is 3.69. The van der Waals surface area contributed by atoms with Gasteiger partial charge in [0.05, 0.1) is 47.8 Å². The van der Waals surface area contributed by atoms with Crippen LogP contribution >= 0.6 is 35.3 Å². The molecule has 10 amide bonds. The van der Waals surface area contributed by atoms with Crippen molar-refractivity contribution in [2.24, 2.45) is 0 Å². The number of urea groups is 3. The number of rotatable bonds is 22. The highest BCUT2D eigenvalue weighted by Crippen LogP contribution is 2.35. The van der Waals surface area contributed by atoms with Gasteiger partial charge in [0.15, 0.2) is 11.1 Å². The van der Waals surface area contributed by atoms with Gasteiger partial charge in [0.1, 0.15) is 0 Å². The Bertz CT molecular complexity index is 1890. The zero-order valence-electron chi connectivity index (χ0n) is 36.3. The molecule has 10 N–H and O–H groups in total. The number of fused-ring (bicyclic) bond motifs is 3. The minimum Gasteiger partial charge on any atom is -0.355 e. The number of nitrogens with zero attached hydrogens (tertiary/aromatic N) is 1. The van der Waals surface area contributed by atoms with E-state index < -0.39 is 44.7 Å². The topological polar surface area (TPSA) is 337 Å². The van der Waals surface area contributed by atoms with E-state index in [1.165, 1.54) is 0 Å². The number of unbranched alkanes of at least 4 members (excludes halogenated alkanes) is 3. The molecule has 0 aromatic heterocycles. The van der Waals surface area contributed by atoms with Crippen LogP contribution in [0.4, 0.5) is 14.4 Å². The van der Waals surface area contributed by atoms with Gasteiger partial charge in [0, 0.05) is 78.2 Å². The first-order valence-corrected chi connectivity index (χ1v) is 28.2. The first-order valence-electron chi connectivity index (χ1n) is 22.1. The quantitative estimate of drug-likeness (QED) is 0.0226. The molecule has 0 radical (unpaired) electrons. The largest absolute Gasteiger partial charge is 0.355 e. The molecule has 7 aliphatic rings. The Balaban J connectivity index is 0.000000186. The molecule has 7 fully saturated rings.